The molecule has 0 aliphatic carbocycles. The molecule has 32 heavy (non-hydrogen) atoms. The van der Waals surface area contributed by atoms with E-state index in [0.29, 0.717) is 26.9 Å². The number of carbonyl (C=O) groups excluding carboxylic acids is 3. The first-order chi connectivity index (χ1) is 15.3. The highest BCUT2D eigenvalue weighted by atomic mass is 35.5. The number of hydrogen-bond acceptors (Lipinski definition) is 5. The predicted octanol–water partition coefficient (Wildman–Crippen LogP) is 4.69. The Labute approximate surface area is 194 Å². The first-order valence-corrected chi connectivity index (χ1v) is 10.1. The molecule has 0 heterocycles. The highest BCUT2D eigenvalue weighted by molar-refractivity contribution is 6.40. The molecule has 3 aromatic rings. The molecule has 0 atom stereocenters. The zero-order valence-electron chi connectivity index (χ0n) is 16.8. The summed E-state index contributed by atoms with van der Waals surface area (Å²) in [5.74, 6) is -2.23. The molecule has 0 spiro atoms. The van der Waals surface area contributed by atoms with Crippen LogP contribution in [0.2, 0.25) is 10.0 Å². The van der Waals surface area contributed by atoms with Crippen molar-refractivity contribution < 1.29 is 19.1 Å². The van der Waals surface area contributed by atoms with Crippen LogP contribution in [-0.2, 0) is 9.59 Å². The Morgan fingerprint density at radius 2 is 1.47 bits per heavy atom. The Kier molecular flexibility index (Phi) is 7.59. The maximum Gasteiger partial charge on any atom is 0.343 e. The van der Waals surface area contributed by atoms with Crippen LogP contribution >= 0.6 is 23.2 Å². The highest BCUT2D eigenvalue weighted by Crippen LogP contribution is 2.22. The summed E-state index contributed by atoms with van der Waals surface area (Å²) in [5, 5.41) is 6.95. The molecule has 0 saturated carbocycles. The molecule has 0 aromatic heterocycles. The van der Waals surface area contributed by atoms with E-state index in [1.54, 1.807) is 61.5 Å². The molecule has 3 aromatic carbocycles. The summed E-state index contributed by atoms with van der Waals surface area (Å²) < 4.78 is 5.47. The predicted molar refractivity (Wildman–Crippen MR) is 123 cm³/mol. The minimum atomic E-state index is -1.00. The minimum Gasteiger partial charge on any atom is -0.422 e. The molecule has 0 aliphatic rings. The number of anilines is 1. The van der Waals surface area contributed by atoms with Crippen LogP contribution in [0.1, 0.15) is 22.8 Å². The average Bonchev–Trinajstić information content (AvgIpc) is 2.77. The van der Waals surface area contributed by atoms with Crippen LogP contribution in [0, 0.1) is 0 Å². The summed E-state index contributed by atoms with van der Waals surface area (Å²) >= 11 is 11.8. The molecule has 2 N–H and O–H groups in total. The van der Waals surface area contributed by atoms with Gasteiger partial charge in [-0.1, -0.05) is 53.5 Å². The molecule has 0 fully saturated rings. The number of carbonyl (C=O) groups is 3. The normalized spacial score (nSPS) is 10.9. The number of hydrazone groups is 1. The topological polar surface area (TPSA) is 96.9 Å². The quantitative estimate of drug-likeness (QED) is 0.186. The number of hydrogen-bond donors (Lipinski definition) is 2. The van der Waals surface area contributed by atoms with Gasteiger partial charge in [-0.15, -0.1) is 0 Å². The Morgan fingerprint density at radius 1 is 0.844 bits per heavy atom. The zero-order valence-corrected chi connectivity index (χ0v) is 18.3. The van der Waals surface area contributed by atoms with Crippen LogP contribution in [0.3, 0.4) is 0 Å². The number of para-hydroxylation sites is 1. The van der Waals surface area contributed by atoms with Crippen LogP contribution in [-0.4, -0.2) is 23.5 Å². The smallest absolute Gasteiger partial charge is 0.343 e. The van der Waals surface area contributed by atoms with Gasteiger partial charge >= 0.3 is 17.8 Å². The third-order valence-corrected chi connectivity index (χ3v) is 4.58. The summed E-state index contributed by atoms with van der Waals surface area (Å²) in [6.07, 6.45) is 0. The zero-order chi connectivity index (χ0) is 23.1. The lowest BCUT2D eigenvalue weighted by atomic mass is 10.1. The molecule has 0 unspecified atom stereocenters. The summed E-state index contributed by atoms with van der Waals surface area (Å²) in [4.78, 5) is 36.6. The minimum absolute atomic E-state index is 0.259. The van der Waals surface area contributed by atoms with Gasteiger partial charge in [0, 0.05) is 21.3 Å². The molecule has 0 radical (unpaired) electrons. The van der Waals surface area contributed by atoms with Gasteiger partial charge in [0.2, 0.25) is 0 Å². The van der Waals surface area contributed by atoms with Crippen LogP contribution in [0.4, 0.5) is 5.69 Å². The number of ether oxygens (including phenoxy) is 1. The fraction of sp³-hybridized carbons (Fsp3) is 0.0435. The Morgan fingerprint density at radius 3 is 2.16 bits per heavy atom. The molecule has 0 bridgehead atoms. The lowest BCUT2D eigenvalue weighted by molar-refractivity contribution is -0.136. The number of esters is 1. The van der Waals surface area contributed by atoms with Crippen molar-refractivity contribution in [3.63, 3.8) is 0 Å². The van der Waals surface area contributed by atoms with Crippen molar-refractivity contribution in [1.29, 1.82) is 0 Å². The molecule has 3 rings (SSSR count). The molecule has 0 aliphatic heterocycles. The van der Waals surface area contributed by atoms with Gasteiger partial charge in [0.1, 0.15) is 5.75 Å². The summed E-state index contributed by atoms with van der Waals surface area (Å²) in [7, 11) is 0. The second-order valence-corrected chi connectivity index (χ2v) is 7.37. The van der Waals surface area contributed by atoms with Gasteiger partial charge in [-0.2, -0.15) is 5.10 Å². The van der Waals surface area contributed by atoms with Crippen molar-refractivity contribution in [2.24, 2.45) is 5.10 Å². The van der Waals surface area contributed by atoms with Crippen molar-refractivity contribution in [1.82, 2.24) is 5.43 Å². The van der Waals surface area contributed by atoms with E-state index in [1.165, 1.54) is 18.2 Å². The Bertz CT molecular complexity index is 1180. The Balaban J connectivity index is 1.68. The maximum absolute atomic E-state index is 12.4. The highest BCUT2D eigenvalue weighted by Gasteiger charge is 2.16. The van der Waals surface area contributed by atoms with Gasteiger partial charge in [-0.3, -0.25) is 9.59 Å². The number of halogens is 2. The largest absolute Gasteiger partial charge is 0.422 e. The van der Waals surface area contributed by atoms with Gasteiger partial charge in [-0.25, -0.2) is 10.2 Å². The van der Waals surface area contributed by atoms with Crippen molar-refractivity contribution in [2.45, 2.75) is 6.92 Å². The molecule has 2 amide bonds. The second-order valence-electron chi connectivity index (χ2n) is 6.50. The first kappa shape index (κ1) is 23.0. The van der Waals surface area contributed by atoms with E-state index in [4.69, 9.17) is 27.9 Å². The van der Waals surface area contributed by atoms with Crippen LogP contribution < -0.4 is 15.5 Å². The van der Waals surface area contributed by atoms with E-state index in [1.807, 2.05) is 0 Å². The van der Waals surface area contributed by atoms with E-state index in [2.05, 4.69) is 15.8 Å². The van der Waals surface area contributed by atoms with Crippen molar-refractivity contribution in [2.75, 3.05) is 5.32 Å². The standard InChI is InChI=1S/C23H17Cl2N3O4/c1-14(27-28-22(30)21(29)26-18-12-16(24)11-17(25)13-18)19-9-5-6-10-20(19)32-23(31)15-7-3-2-4-8-15/h2-13H,1H3,(H,26,29)(H,28,30)/b27-14+. The lowest BCUT2D eigenvalue weighted by Crippen LogP contribution is -2.33. The summed E-state index contributed by atoms with van der Waals surface area (Å²) in [6.45, 7) is 1.60. The third-order valence-electron chi connectivity index (χ3n) is 4.14. The van der Waals surface area contributed by atoms with Crippen LogP contribution in [0.5, 0.6) is 5.75 Å². The molecular weight excluding hydrogens is 453 g/mol. The summed E-state index contributed by atoms with van der Waals surface area (Å²) in [6, 6.07) is 19.6. The third kappa shape index (κ3) is 6.16. The van der Waals surface area contributed by atoms with Gasteiger partial charge < -0.3 is 10.1 Å². The second kappa shape index (κ2) is 10.6. The molecule has 7 nitrogen and oxygen atoms in total. The Hall–Kier alpha value is -3.68. The summed E-state index contributed by atoms with van der Waals surface area (Å²) in [5.41, 5.74) is 3.63. The molecule has 9 heteroatoms. The van der Waals surface area contributed by atoms with Crippen molar-refractivity contribution in [3.05, 3.63) is 94.0 Å². The molecule has 0 saturated heterocycles. The van der Waals surface area contributed by atoms with E-state index in [-0.39, 0.29) is 11.4 Å². The number of benzene rings is 3. The van der Waals surface area contributed by atoms with Gasteiger partial charge in [0.15, 0.2) is 0 Å². The monoisotopic (exact) mass is 469 g/mol. The van der Waals surface area contributed by atoms with E-state index in [0.717, 1.165) is 0 Å². The first-order valence-electron chi connectivity index (χ1n) is 9.32. The number of nitrogens with zero attached hydrogens (tertiary/aromatic N) is 1. The van der Waals surface area contributed by atoms with E-state index >= 15 is 0 Å². The number of rotatable bonds is 5. The van der Waals surface area contributed by atoms with Crippen LogP contribution in [0.15, 0.2) is 77.9 Å². The SMILES string of the molecule is C/C(=N\NC(=O)C(=O)Nc1cc(Cl)cc(Cl)c1)c1ccccc1OC(=O)c1ccccc1. The van der Waals surface area contributed by atoms with Gasteiger partial charge in [0.05, 0.1) is 11.3 Å². The molecular formula is C23H17Cl2N3O4. The maximum atomic E-state index is 12.4. The average molecular weight is 470 g/mol. The number of nitrogens with one attached hydrogen (secondary N) is 2. The van der Waals surface area contributed by atoms with Gasteiger partial charge in [-0.05, 0) is 49.4 Å². The van der Waals surface area contributed by atoms with Gasteiger partial charge in [0.25, 0.3) is 0 Å². The van der Waals surface area contributed by atoms with Crippen LogP contribution in [0.25, 0.3) is 0 Å². The van der Waals surface area contributed by atoms with Crippen molar-refractivity contribution >= 4 is 52.4 Å². The lowest BCUT2D eigenvalue weighted by Gasteiger charge is -2.10. The van der Waals surface area contributed by atoms with Crippen molar-refractivity contribution in [3.8, 4) is 5.75 Å². The fourth-order valence-electron chi connectivity index (χ4n) is 2.65. The van der Waals surface area contributed by atoms with E-state index in [9.17, 15) is 14.4 Å². The fourth-order valence-corrected chi connectivity index (χ4v) is 3.17. The molecule has 162 valence electrons. The van der Waals surface area contributed by atoms with E-state index < -0.39 is 17.8 Å². The number of amides is 2.